The number of imidazole rings is 1. The number of aryl methyl sites for hydroxylation is 2. The van der Waals surface area contributed by atoms with E-state index in [1.165, 1.54) is 4.57 Å². The molecular formula is C27H39N5O4. The number of aromatic nitrogens is 4. The summed E-state index contributed by atoms with van der Waals surface area (Å²) in [6.45, 7) is 13.1. The molecule has 3 rings (SSSR count). The van der Waals surface area contributed by atoms with E-state index >= 15 is 0 Å². The first-order valence-electron chi connectivity index (χ1n) is 12.9. The summed E-state index contributed by atoms with van der Waals surface area (Å²) in [5.41, 5.74) is 0.856. The molecule has 2 aromatic heterocycles. The fraction of sp³-hybridized carbons (Fsp3) is 0.556. The second kappa shape index (κ2) is 12.1. The van der Waals surface area contributed by atoms with E-state index < -0.39 is 11.2 Å². The maximum absolute atomic E-state index is 12.8. The van der Waals surface area contributed by atoms with Gasteiger partial charge in [-0.15, -0.1) is 0 Å². The van der Waals surface area contributed by atoms with Gasteiger partial charge in [0.15, 0.2) is 11.2 Å². The fourth-order valence-electron chi connectivity index (χ4n) is 4.25. The average Bonchev–Trinajstić information content (AvgIpc) is 3.15. The van der Waals surface area contributed by atoms with Crippen LogP contribution in [0.15, 0.2) is 33.9 Å². The number of nitrogens with one attached hydrogen (secondary N) is 2. The molecule has 0 aliphatic carbocycles. The number of carbonyl (C=O) groups excluding carboxylic acids is 1. The lowest BCUT2D eigenvalue weighted by Crippen LogP contribution is -2.31. The van der Waals surface area contributed by atoms with Crippen LogP contribution in [0.4, 0.5) is 0 Å². The average molecular weight is 498 g/mol. The van der Waals surface area contributed by atoms with Gasteiger partial charge in [0, 0.05) is 25.9 Å². The Bertz CT molecular complexity index is 1300. The Morgan fingerprint density at radius 2 is 1.89 bits per heavy atom. The summed E-state index contributed by atoms with van der Waals surface area (Å²) in [5.74, 6) is 1.55. The Hall–Kier alpha value is -3.36. The third-order valence-corrected chi connectivity index (χ3v) is 5.93. The molecule has 0 fully saturated rings. The Kier molecular flexibility index (Phi) is 9.12. The van der Waals surface area contributed by atoms with Crippen molar-refractivity contribution in [3.05, 3.63) is 56.5 Å². The van der Waals surface area contributed by atoms with Crippen LogP contribution in [0, 0.1) is 5.92 Å². The summed E-state index contributed by atoms with van der Waals surface area (Å²) in [6, 6.07) is 7.53. The van der Waals surface area contributed by atoms with Crippen LogP contribution in [-0.4, -0.2) is 31.1 Å². The van der Waals surface area contributed by atoms with Gasteiger partial charge in [-0.25, -0.2) is 9.78 Å². The minimum Gasteiger partial charge on any atom is -0.491 e. The molecule has 0 spiro atoms. The van der Waals surface area contributed by atoms with Crippen molar-refractivity contribution in [2.24, 2.45) is 5.92 Å². The van der Waals surface area contributed by atoms with Gasteiger partial charge >= 0.3 is 5.69 Å². The van der Waals surface area contributed by atoms with Crippen molar-refractivity contribution >= 4 is 17.1 Å². The van der Waals surface area contributed by atoms with Crippen molar-refractivity contribution in [3.63, 3.8) is 0 Å². The summed E-state index contributed by atoms with van der Waals surface area (Å²) in [4.78, 5) is 45.2. The van der Waals surface area contributed by atoms with E-state index in [2.05, 4.69) is 24.1 Å². The fourth-order valence-corrected chi connectivity index (χ4v) is 4.25. The molecule has 36 heavy (non-hydrogen) atoms. The highest BCUT2D eigenvalue weighted by molar-refractivity contribution is 5.77. The minimum atomic E-state index is -0.447. The van der Waals surface area contributed by atoms with Crippen molar-refractivity contribution in [2.75, 3.05) is 0 Å². The van der Waals surface area contributed by atoms with E-state index in [-0.39, 0.29) is 30.4 Å². The molecule has 1 atom stereocenters. The number of ether oxygens (including phenoxy) is 1. The largest absolute Gasteiger partial charge is 0.491 e. The number of carbonyl (C=O) groups is 1. The zero-order valence-corrected chi connectivity index (χ0v) is 22.3. The molecule has 0 aliphatic rings. The van der Waals surface area contributed by atoms with Gasteiger partial charge in [0.25, 0.3) is 5.56 Å². The number of fused-ring (bicyclic) bond motifs is 1. The number of hydrogen-bond donors (Lipinski definition) is 2. The summed E-state index contributed by atoms with van der Waals surface area (Å²) in [7, 11) is 0. The Morgan fingerprint density at radius 1 is 1.14 bits per heavy atom. The lowest BCUT2D eigenvalue weighted by Gasteiger charge is -2.17. The standard InChI is InChI=1S/C27H39N5O4/c1-7-8-14-31-25-24(26(34)30-27(31)35)32(16-17(2)3)22(29-25)12-13-23(33)28-19(6)20-10-9-11-21(15-20)36-18(4)5/h9-11,15,17-19H,7-8,12-14,16H2,1-6H3,(H,28,33)(H,30,34,35). The summed E-state index contributed by atoms with van der Waals surface area (Å²) < 4.78 is 9.17. The van der Waals surface area contributed by atoms with Crippen molar-refractivity contribution in [2.45, 2.75) is 92.5 Å². The monoisotopic (exact) mass is 497 g/mol. The van der Waals surface area contributed by atoms with Gasteiger partial charge in [0.1, 0.15) is 11.6 Å². The van der Waals surface area contributed by atoms with E-state index in [9.17, 15) is 14.4 Å². The van der Waals surface area contributed by atoms with Crippen LogP contribution in [0.2, 0.25) is 0 Å². The van der Waals surface area contributed by atoms with E-state index in [1.54, 1.807) is 0 Å². The zero-order valence-electron chi connectivity index (χ0n) is 22.3. The molecule has 1 amide bonds. The number of amides is 1. The molecule has 0 bridgehead atoms. The number of unbranched alkanes of at least 4 members (excludes halogenated alkanes) is 1. The number of H-pyrrole nitrogens is 1. The predicted octanol–water partition coefficient (Wildman–Crippen LogP) is 3.94. The van der Waals surface area contributed by atoms with Gasteiger partial charge in [0.2, 0.25) is 5.91 Å². The lowest BCUT2D eigenvalue weighted by molar-refractivity contribution is -0.121. The molecule has 0 saturated carbocycles. The highest BCUT2D eigenvalue weighted by Crippen LogP contribution is 2.21. The molecule has 0 aliphatic heterocycles. The van der Waals surface area contributed by atoms with Gasteiger partial charge in [-0.1, -0.05) is 39.3 Å². The van der Waals surface area contributed by atoms with Crippen LogP contribution in [0.25, 0.3) is 11.2 Å². The van der Waals surface area contributed by atoms with Gasteiger partial charge in [-0.05, 0) is 50.8 Å². The van der Waals surface area contributed by atoms with E-state index in [1.807, 2.05) is 56.5 Å². The van der Waals surface area contributed by atoms with Crippen LogP contribution < -0.4 is 21.3 Å². The Labute approximate surface area is 211 Å². The number of hydrogen-bond acceptors (Lipinski definition) is 5. The molecule has 9 heteroatoms. The van der Waals surface area contributed by atoms with Gasteiger partial charge in [-0.3, -0.25) is 19.1 Å². The Balaban J connectivity index is 1.81. The molecule has 0 saturated heterocycles. The van der Waals surface area contributed by atoms with Crippen LogP contribution in [0.5, 0.6) is 5.75 Å². The van der Waals surface area contributed by atoms with Crippen molar-refractivity contribution in [3.8, 4) is 5.75 Å². The Morgan fingerprint density at radius 3 is 2.56 bits per heavy atom. The van der Waals surface area contributed by atoms with Crippen molar-refractivity contribution < 1.29 is 9.53 Å². The molecule has 2 N–H and O–H groups in total. The molecule has 9 nitrogen and oxygen atoms in total. The third-order valence-electron chi connectivity index (χ3n) is 5.93. The number of nitrogens with zero attached hydrogens (tertiary/aromatic N) is 3. The topological polar surface area (TPSA) is 111 Å². The molecule has 0 radical (unpaired) electrons. The smallest absolute Gasteiger partial charge is 0.330 e. The first-order chi connectivity index (χ1) is 17.1. The maximum Gasteiger partial charge on any atom is 0.330 e. The van der Waals surface area contributed by atoms with E-state index in [4.69, 9.17) is 9.72 Å². The first-order valence-corrected chi connectivity index (χ1v) is 12.9. The first kappa shape index (κ1) is 27.2. The number of rotatable bonds is 12. The van der Waals surface area contributed by atoms with Crippen LogP contribution in [-0.2, 0) is 24.3 Å². The minimum absolute atomic E-state index is 0.0702. The van der Waals surface area contributed by atoms with Crippen LogP contribution >= 0.6 is 0 Å². The van der Waals surface area contributed by atoms with Gasteiger partial charge in [0.05, 0.1) is 12.1 Å². The quantitative estimate of drug-likeness (QED) is 0.394. The number of aromatic amines is 1. The maximum atomic E-state index is 12.8. The molecule has 1 aromatic carbocycles. The SMILES string of the molecule is CCCCn1c(=O)[nH]c(=O)c2c1nc(CCC(=O)NC(C)c1cccc(OC(C)C)c1)n2CC(C)C. The number of benzene rings is 1. The summed E-state index contributed by atoms with van der Waals surface area (Å²) in [6.07, 6.45) is 2.36. The highest BCUT2D eigenvalue weighted by Gasteiger charge is 2.20. The van der Waals surface area contributed by atoms with Crippen molar-refractivity contribution in [1.29, 1.82) is 0 Å². The lowest BCUT2D eigenvalue weighted by atomic mass is 10.1. The molecule has 3 aromatic rings. The molecule has 1 unspecified atom stereocenters. The van der Waals surface area contributed by atoms with E-state index in [0.29, 0.717) is 36.5 Å². The molecule has 196 valence electrons. The second-order valence-corrected chi connectivity index (χ2v) is 10.00. The molecule has 2 heterocycles. The van der Waals surface area contributed by atoms with E-state index in [0.717, 1.165) is 24.2 Å². The summed E-state index contributed by atoms with van der Waals surface area (Å²) >= 11 is 0. The van der Waals surface area contributed by atoms with Crippen LogP contribution in [0.1, 0.15) is 78.2 Å². The summed E-state index contributed by atoms with van der Waals surface area (Å²) in [5, 5.41) is 3.05. The highest BCUT2D eigenvalue weighted by atomic mass is 16.5. The zero-order chi connectivity index (χ0) is 26.4. The molecular weight excluding hydrogens is 458 g/mol. The third kappa shape index (κ3) is 6.65. The van der Waals surface area contributed by atoms with Crippen LogP contribution in [0.3, 0.4) is 0 Å². The van der Waals surface area contributed by atoms with Crippen molar-refractivity contribution in [1.82, 2.24) is 24.4 Å². The van der Waals surface area contributed by atoms with Gasteiger partial charge < -0.3 is 14.6 Å². The second-order valence-electron chi connectivity index (χ2n) is 10.00. The van der Waals surface area contributed by atoms with Gasteiger partial charge in [-0.2, -0.15) is 0 Å². The normalized spacial score (nSPS) is 12.4. The predicted molar refractivity (Wildman–Crippen MR) is 141 cm³/mol.